The number of aromatic nitrogens is 2. The molecule has 0 amide bonds. The second-order valence-electron chi connectivity index (χ2n) is 11.3. The smallest absolute Gasteiger partial charge is 0.660 e. The van der Waals surface area contributed by atoms with Crippen LogP contribution in [0, 0.1) is 44.0 Å². The van der Waals surface area contributed by atoms with Gasteiger partial charge in [0.15, 0.2) is 0 Å². The molecule has 1 N–H and O–H groups in total. The number of anilines is 1. The van der Waals surface area contributed by atoms with E-state index in [2.05, 4.69) is 90.1 Å². The maximum atomic E-state index is 4.93. The molecule has 3 aromatic carbocycles. The van der Waals surface area contributed by atoms with Crippen LogP contribution in [0.4, 0.5) is 5.69 Å². The molecule has 5 nitrogen and oxygen atoms in total. The molecule has 1 fully saturated rings. The van der Waals surface area contributed by atoms with Crippen LogP contribution in [0.3, 0.4) is 0 Å². The first-order valence-electron chi connectivity index (χ1n) is 15.0. The van der Waals surface area contributed by atoms with Crippen LogP contribution in [0.15, 0.2) is 78.9 Å². The predicted octanol–water partition coefficient (Wildman–Crippen LogP) is 8.93. The summed E-state index contributed by atoms with van der Waals surface area (Å²) < 4.78 is 2.43. The van der Waals surface area contributed by atoms with Gasteiger partial charge in [0, 0.05) is 19.3 Å². The van der Waals surface area contributed by atoms with Crippen molar-refractivity contribution in [1.82, 2.24) is 9.55 Å². The van der Waals surface area contributed by atoms with Gasteiger partial charge in [0.05, 0.1) is 16.9 Å². The third-order valence-corrected chi connectivity index (χ3v) is 8.06. The Hall–Kier alpha value is -2.62. The molecule has 0 spiro atoms. The Bertz CT molecular complexity index is 1500. The van der Waals surface area contributed by atoms with Gasteiger partial charge in [-0.2, -0.15) is 13.1 Å². The Morgan fingerprint density at radius 1 is 0.976 bits per heavy atom. The summed E-state index contributed by atoms with van der Waals surface area (Å²) in [6.45, 7) is 11.5. The van der Waals surface area contributed by atoms with Gasteiger partial charge in [-0.3, -0.25) is 0 Å². The number of fused-ring (bicyclic) bond motifs is 2. The fourth-order valence-electron chi connectivity index (χ4n) is 5.61. The topological polar surface area (TPSA) is 58.1 Å². The number of imidazole rings is 1. The number of nitrogens with one attached hydrogen (secondary N) is 1. The van der Waals surface area contributed by atoms with Gasteiger partial charge in [0.2, 0.25) is 0 Å². The molecular weight excluding hydrogens is 740 g/mol. The van der Waals surface area contributed by atoms with Crippen molar-refractivity contribution in [3.05, 3.63) is 112 Å². The van der Waals surface area contributed by atoms with Crippen molar-refractivity contribution in [1.29, 1.82) is 0 Å². The molecule has 6 rings (SSSR count). The summed E-state index contributed by atoms with van der Waals surface area (Å²) in [6, 6.07) is 22.0. The molecule has 42 heavy (non-hydrogen) atoms. The van der Waals surface area contributed by atoms with E-state index in [1.807, 2.05) is 14.0 Å². The molecule has 0 atom stereocenters. The largest absolute Gasteiger partial charge is 2.00 e. The molecule has 4 aromatic rings. The number of hydrogen-bond donors (Lipinski definition) is 1. The van der Waals surface area contributed by atoms with Gasteiger partial charge < -0.3 is 20.5 Å². The standard InChI is InChI=1S/C33H37N5.C3H6.U/c1-23-6-13-31-32(16-23)38(22-24-4-3-5-24)33(37-31)21-36-15-14-35-20-25-17-27-7-8-28(19-29(27)18-25)26-9-11-30(34-2)12-10-26;1-3-2;/h6-13,16-17,19,24,34H,3-5,14-15,18,20-22H2,1-2H3;3H,1H2,2H3;/q-2;;+2. The van der Waals surface area contributed by atoms with E-state index in [1.54, 1.807) is 6.08 Å². The average molecular weight is 784 g/mol. The molecule has 0 bridgehead atoms. The van der Waals surface area contributed by atoms with Gasteiger partial charge in [-0.15, -0.1) is 13.1 Å². The number of aryl methyl sites for hydroxylation is 1. The SMILES string of the molecule is C=CC.CNc1ccc(-c2ccc3c(c2)CC(C[N-]CC[N-]Cc2nc4ccc(C)cc4n2CC2CCC2)=C3)cc1.[U+2]. The number of rotatable bonds is 11. The second kappa shape index (κ2) is 15.7. The molecule has 0 unspecified atom stereocenters. The summed E-state index contributed by atoms with van der Waals surface area (Å²) in [4.78, 5) is 4.93. The van der Waals surface area contributed by atoms with Crippen LogP contribution in [0.5, 0.6) is 0 Å². The minimum Gasteiger partial charge on any atom is -0.660 e. The first kappa shape index (κ1) is 32.3. The third-order valence-electron chi connectivity index (χ3n) is 8.06. The molecular formula is C36H43N5U. The van der Waals surface area contributed by atoms with Crippen molar-refractivity contribution >= 4 is 22.8 Å². The maximum absolute atomic E-state index is 4.93. The molecule has 6 heteroatoms. The van der Waals surface area contributed by atoms with Crippen LogP contribution in [-0.4, -0.2) is 36.2 Å². The Kier molecular flexibility index (Phi) is 12.1. The molecule has 0 radical (unpaired) electrons. The molecule has 2 aliphatic carbocycles. The molecule has 1 heterocycles. The predicted molar refractivity (Wildman–Crippen MR) is 176 cm³/mol. The Morgan fingerprint density at radius 2 is 1.69 bits per heavy atom. The van der Waals surface area contributed by atoms with E-state index in [-0.39, 0.29) is 31.1 Å². The Labute approximate surface area is 275 Å². The first-order valence-corrected chi connectivity index (χ1v) is 15.0. The van der Waals surface area contributed by atoms with E-state index in [1.165, 1.54) is 58.2 Å². The molecule has 2 aliphatic rings. The normalized spacial score (nSPS) is 13.8. The van der Waals surface area contributed by atoms with Crippen LogP contribution in [0.25, 0.3) is 38.9 Å². The zero-order valence-electron chi connectivity index (χ0n) is 25.4. The monoisotopic (exact) mass is 783 g/mol. The molecule has 216 valence electrons. The second-order valence-corrected chi connectivity index (χ2v) is 11.3. The van der Waals surface area contributed by atoms with Gasteiger partial charge in [-0.1, -0.05) is 67.1 Å². The van der Waals surface area contributed by atoms with E-state index in [4.69, 9.17) is 15.6 Å². The van der Waals surface area contributed by atoms with Crippen molar-refractivity contribution in [3.8, 4) is 11.1 Å². The van der Waals surface area contributed by atoms with Crippen molar-refractivity contribution in [2.45, 2.75) is 52.6 Å². The van der Waals surface area contributed by atoms with Gasteiger partial charge in [-0.05, 0) is 91.1 Å². The number of benzene rings is 3. The van der Waals surface area contributed by atoms with E-state index in [0.29, 0.717) is 6.54 Å². The quantitative estimate of drug-likeness (QED) is 0.122. The van der Waals surface area contributed by atoms with E-state index in [0.717, 1.165) is 55.5 Å². The summed E-state index contributed by atoms with van der Waals surface area (Å²) in [7, 11) is 1.95. The van der Waals surface area contributed by atoms with Crippen molar-refractivity contribution in [2.24, 2.45) is 5.92 Å². The van der Waals surface area contributed by atoms with Crippen LogP contribution >= 0.6 is 0 Å². The van der Waals surface area contributed by atoms with Crippen molar-refractivity contribution in [2.75, 3.05) is 32.0 Å². The minimum absolute atomic E-state index is 0. The van der Waals surface area contributed by atoms with Gasteiger partial charge in [-0.25, -0.2) is 4.98 Å². The fraction of sp³-hybridized carbons (Fsp3) is 0.361. The number of allylic oxidation sites excluding steroid dienone is 1. The average Bonchev–Trinajstić information content (AvgIpc) is 3.52. The molecule has 1 saturated carbocycles. The van der Waals surface area contributed by atoms with Gasteiger partial charge >= 0.3 is 31.1 Å². The van der Waals surface area contributed by atoms with Crippen LogP contribution in [-0.2, 0) is 19.5 Å². The van der Waals surface area contributed by atoms with Gasteiger partial charge in [0.1, 0.15) is 0 Å². The Morgan fingerprint density at radius 3 is 2.38 bits per heavy atom. The zero-order chi connectivity index (χ0) is 28.6. The summed E-state index contributed by atoms with van der Waals surface area (Å²) >= 11 is 0. The summed E-state index contributed by atoms with van der Waals surface area (Å²) in [5.74, 6) is 1.89. The van der Waals surface area contributed by atoms with E-state index in [9.17, 15) is 0 Å². The Balaban J connectivity index is 0.000000972. The summed E-state index contributed by atoms with van der Waals surface area (Å²) in [5.41, 5.74) is 11.4. The van der Waals surface area contributed by atoms with Crippen LogP contribution < -0.4 is 5.32 Å². The van der Waals surface area contributed by atoms with Crippen LogP contribution in [0.1, 0.15) is 48.7 Å². The summed E-state index contributed by atoms with van der Waals surface area (Å²) in [6.07, 6.45) is 9.10. The van der Waals surface area contributed by atoms with Crippen molar-refractivity contribution in [3.63, 3.8) is 0 Å². The molecule has 1 aromatic heterocycles. The van der Waals surface area contributed by atoms with E-state index < -0.39 is 0 Å². The third kappa shape index (κ3) is 8.05. The first-order chi connectivity index (χ1) is 20.1. The van der Waals surface area contributed by atoms with Gasteiger partial charge in [0.25, 0.3) is 0 Å². The summed E-state index contributed by atoms with van der Waals surface area (Å²) in [5, 5.41) is 12.8. The number of nitrogens with zero attached hydrogens (tertiary/aromatic N) is 4. The maximum Gasteiger partial charge on any atom is 2.00 e. The van der Waals surface area contributed by atoms with Crippen molar-refractivity contribution < 1.29 is 31.1 Å². The number of hydrogen-bond acceptors (Lipinski definition) is 2. The molecule has 0 aliphatic heterocycles. The fourth-order valence-corrected chi connectivity index (χ4v) is 5.61. The minimum atomic E-state index is 0. The molecule has 0 saturated heterocycles. The van der Waals surface area contributed by atoms with Crippen LogP contribution in [0.2, 0.25) is 0 Å². The zero-order valence-corrected chi connectivity index (χ0v) is 29.5. The van der Waals surface area contributed by atoms with E-state index >= 15 is 0 Å².